The van der Waals surface area contributed by atoms with Crippen molar-refractivity contribution in [1.82, 2.24) is 9.97 Å². The van der Waals surface area contributed by atoms with Crippen molar-refractivity contribution in [1.29, 1.82) is 0 Å². The zero-order valence-electron chi connectivity index (χ0n) is 11.4. The summed E-state index contributed by atoms with van der Waals surface area (Å²) in [5.41, 5.74) is -0.329. The van der Waals surface area contributed by atoms with Gasteiger partial charge >= 0.3 is 5.63 Å². The summed E-state index contributed by atoms with van der Waals surface area (Å²) in [6.45, 7) is 4.94. The van der Waals surface area contributed by atoms with E-state index in [9.17, 15) is 9.59 Å². The SMILES string of the molecule is CCOCCOc1nc2oc(=O)cc(CC)c2c(=O)[nH]1. The van der Waals surface area contributed by atoms with Crippen molar-refractivity contribution in [2.75, 3.05) is 19.8 Å². The van der Waals surface area contributed by atoms with Gasteiger partial charge in [-0.2, -0.15) is 4.98 Å². The van der Waals surface area contributed by atoms with Crippen molar-refractivity contribution in [2.45, 2.75) is 20.3 Å². The fourth-order valence-corrected chi connectivity index (χ4v) is 1.82. The van der Waals surface area contributed by atoms with E-state index < -0.39 is 5.63 Å². The van der Waals surface area contributed by atoms with Crippen LogP contribution in [0.2, 0.25) is 0 Å². The van der Waals surface area contributed by atoms with Gasteiger partial charge in [0.25, 0.3) is 11.6 Å². The van der Waals surface area contributed by atoms with Gasteiger partial charge in [0.1, 0.15) is 12.0 Å². The van der Waals surface area contributed by atoms with E-state index in [-0.39, 0.29) is 29.3 Å². The number of aromatic nitrogens is 2. The molecule has 0 radical (unpaired) electrons. The molecule has 0 unspecified atom stereocenters. The highest BCUT2D eigenvalue weighted by Crippen LogP contribution is 2.13. The molecule has 0 aliphatic rings. The van der Waals surface area contributed by atoms with Crippen LogP contribution in [0.3, 0.4) is 0 Å². The minimum atomic E-state index is -0.535. The molecule has 2 aromatic heterocycles. The summed E-state index contributed by atoms with van der Waals surface area (Å²) < 4.78 is 15.3. The molecule has 0 saturated heterocycles. The Morgan fingerprint density at radius 3 is 2.80 bits per heavy atom. The van der Waals surface area contributed by atoms with E-state index in [4.69, 9.17) is 13.9 Å². The molecule has 2 aromatic rings. The number of H-pyrrole nitrogens is 1. The van der Waals surface area contributed by atoms with Crippen molar-refractivity contribution in [3.8, 4) is 6.01 Å². The molecule has 0 bridgehead atoms. The van der Waals surface area contributed by atoms with Gasteiger partial charge in [-0.3, -0.25) is 9.78 Å². The molecule has 0 aromatic carbocycles. The lowest BCUT2D eigenvalue weighted by molar-refractivity contribution is 0.106. The molecular weight excluding hydrogens is 264 g/mol. The first-order chi connectivity index (χ1) is 9.65. The van der Waals surface area contributed by atoms with E-state index in [2.05, 4.69) is 9.97 Å². The van der Waals surface area contributed by atoms with Gasteiger partial charge in [-0.05, 0) is 18.9 Å². The van der Waals surface area contributed by atoms with E-state index >= 15 is 0 Å². The molecule has 0 fully saturated rings. The van der Waals surface area contributed by atoms with Gasteiger partial charge in [-0.15, -0.1) is 0 Å². The molecule has 0 saturated carbocycles. The molecule has 7 heteroatoms. The third-order valence-electron chi connectivity index (χ3n) is 2.73. The average Bonchev–Trinajstić information content (AvgIpc) is 2.42. The summed E-state index contributed by atoms with van der Waals surface area (Å²) in [5, 5.41) is 0.282. The molecule has 0 aliphatic heterocycles. The number of nitrogens with one attached hydrogen (secondary N) is 1. The predicted molar refractivity (Wildman–Crippen MR) is 72.3 cm³/mol. The number of aryl methyl sites for hydroxylation is 1. The van der Waals surface area contributed by atoms with Crippen molar-refractivity contribution in [3.05, 3.63) is 32.4 Å². The zero-order chi connectivity index (χ0) is 14.5. The highest BCUT2D eigenvalue weighted by Gasteiger charge is 2.12. The van der Waals surface area contributed by atoms with Gasteiger partial charge < -0.3 is 13.9 Å². The Morgan fingerprint density at radius 2 is 2.10 bits per heavy atom. The number of nitrogens with zero attached hydrogens (tertiary/aromatic N) is 1. The standard InChI is InChI=1S/C13H16N2O5/c1-3-8-7-9(16)20-12-10(8)11(17)14-13(15-12)19-6-5-18-4-2/h7H,3-6H2,1-2H3,(H,14,15,17). The quantitative estimate of drug-likeness (QED) is 0.788. The summed E-state index contributed by atoms with van der Waals surface area (Å²) in [4.78, 5) is 29.9. The smallest absolute Gasteiger partial charge is 0.337 e. The summed E-state index contributed by atoms with van der Waals surface area (Å²) in [7, 11) is 0. The van der Waals surface area contributed by atoms with Crippen LogP contribution in [0.1, 0.15) is 19.4 Å². The second-order valence-electron chi connectivity index (χ2n) is 4.04. The molecule has 0 amide bonds. The Balaban J connectivity index is 2.37. The van der Waals surface area contributed by atoms with E-state index in [0.717, 1.165) is 0 Å². The van der Waals surface area contributed by atoms with Gasteiger partial charge in [0, 0.05) is 12.7 Å². The number of aromatic amines is 1. The molecule has 0 spiro atoms. The van der Waals surface area contributed by atoms with Crippen molar-refractivity contribution in [3.63, 3.8) is 0 Å². The summed E-state index contributed by atoms with van der Waals surface area (Å²) in [6.07, 6.45) is 0.539. The minimum Gasteiger partial charge on any atom is -0.462 e. The highest BCUT2D eigenvalue weighted by atomic mass is 16.5. The van der Waals surface area contributed by atoms with Crippen LogP contribution < -0.4 is 15.9 Å². The summed E-state index contributed by atoms with van der Waals surface area (Å²) in [6, 6.07) is 1.31. The van der Waals surface area contributed by atoms with Gasteiger partial charge in [0.05, 0.1) is 6.61 Å². The lowest BCUT2D eigenvalue weighted by Crippen LogP contribution is -2.16. The van der Waals surface area contributed by atoms with Crippen molar-refractivity contribution >= 4 is 11.1 Å². The van der Waals surface area contributed by atoms with Crippen LogP contribution in [0.25, 0.3) is 11.1 Å². The largest absolute Gasteiger partial charge is 0.462 e. The Hall–Kier alpha value is -2.15. The van der Waals surface area contributed by atoms with Crippen LogP contribution in [-0.2, 0) is 11.2 Å². The van der Waals surface area contributed by atoms with Crippen molar-refractivity contribution < 1.29 is 13.9 Å². The lowest BCUT2D eigenvalue weighted by atomic mass is 10.1. The van der Waals surface area contributed by atoms with Gasteiger partial charge in [0.15, 0.2) is 0 Å². The van der Waals surface area contributed by atoms with Crippen LogP contribution in [0.5, 0.6) is 6.01 Å². The fraction of sp³-hybridized carbons (Fsp3) is 0.462. The molecule has 2 rings (SSSR count). The Kier molecular flexibility index (Phi) is 4.52. The second kappa shape index (κ2) is 6.33. The Bertz CT molecular complexity index is 704. The van der Waals surface area contributed by atoms with Crippen LogP contribution in [0.4, 0.5) is 0 Å². The maximum absolute atomic E-state index is 12.0. The average molecular weight is 280 g/mol. The van der Waals surface area contributed by atoms with Crippen LogP contribution >= 0.6 is 0 Å². The first kappa shape index (κ1) is 14.3. The fourth-order valence-electron chi connectivity index (χ4n) is 1.82. The summed E-state index contributed by atoms with van der Waals surface area (Å²) in [5.74, 6) is 0. The number of hydrogen-bond donors (Lipinski definition) is 1. The monoisotopic (exact) mass is 280 g/mol. The van der Waals surface area contributed by atoms with E-state index in [0.29, 0.717) is 25.2 Å². The molecule has 108 valence electrons. The molecule has 2 heterocycles. The minimum absolute atomic E-state index is 0.00971. The maximum atomic E-state index is 12.0. The summed E-state index contributed by atoms with van der Waals surface area (Å²) >= 11 is 0. The number of rotatable bonds is 6. The first-order valence-electron chi connectivity index (χ1n) is 6.43. The predicted octanol–water partition coefficient (Wildman–Crippen LogP) is 0.854. The number of ether oxygens (including phenoxy) is 2. The number of hydrogen-bond acceptors (Lipinski definition) is 6. The normalized spacial score (nSPS) is 10.9. The van der Waals surface area contributed by atoms with E-state index in [1.54, 1.807) is 0 Å². The zero-order valence-corrected chi connectivity index (χ0v) is 11.4. The van der Waals surface area contributed by atoms with Crippen LogP contribution in [-0.4, -0.2) is 29.8 Å². The molecule has 7 nitrogen and oxygen atoms in total. The maximum Gasteiger partial charge on any atom is 0.337 e. The second-order valence-corrected chi connectivity index (χ2v) is 4.04. The van der Waals surface area contributed by atoms with Crippen molar-refractivity contribution in [2.24, 2.45) is 0 Å². The number of fused-ring (bicyclic) bond motifs is 1. The van der Waals surface area contributed by atoms with E-state index in [1.165, 1.54) is 6.07 Å². The Morgan fingerprint density at radius 1 is 1.30 bits per heavy atom. The van der Waals surface area contributed by atoms with Gasteiger partial charge in [-0.25, -0.2) is 4.79 Å². The highest BCUT2D eigenvalue weighted by molar-refractivity contribution is 5.75. The molecule has 0 atom stereocenters. The van der Waals surface area contributed by atoms with Gasteiger partial charge in [-0.1, -0.05) is 6.92 Å². The van der Waals surface area contributed by atoms with E-state index in [1.807, 2.05) is 13.8 Å². The topological polar surface area (TPSA) is 94.4 Å². The molecule has 1 N–H and O–H groups in total. The van der Waals surface area contributed by atoms with Crippen LogP contribution in [0, 0.1) is 0 Å². The Labute approximate surface area is 114 Å². The third kappa shape index (κ3) is 3.05. The third-order valence-corrected chi connectivity index (χ3v) is 2.73. The van der Waals surface area contributed by atoms with Crippen LogP contribution in [0.15, 0.2) is 20.1 Å². The first-order valence-corrected chi connectivity index (χ1v) is 6.43. The molecule has 20 heavy (non-hydrogen) atoms. The van der Waals surface area contributed by atoms with Gasteiger partial charge in [0.2, 0.25) is 5.71 Å². The lowest BCUT2D eigenvalue weighted by Gasteiger charge is -2.06. The molecular formula is C13H16N2O5. The molecule has 0 aliphatic carbocycles.